The van der Waals surface area contributed by atoms with Gasteiger partial charge in [0.1, 0.15) is 4.90 Å². The number of amides is 1. The molecule has 9 heteroatoms. The summed E-state index contributed by atoms with van der Waals surface area (Å²) in [7, 11) is -4.13. The molecule has 0 saturated carbocycles. The lowest BCUT2D eigenvalue weighted by Crippen LogP contribution is -2.38. The number of benzene rings is 1. The molecule has 1 atom stereocenters. The van der Waals surface area contributed by atoms with Crippen molar-refractivity contribution < 1.29 is 17.6 Å². The molecule has 0 bridgehead atoms. The molecule has 1 unspecified atom stereocenters. The molecule has 6 nitrogen and oxygen atoms in total. The van der Waals surface area contributed by atoms with Gasteiger partial charge in [0.25, 0.3) is 0 Å². The molecular formula is C12H15ClFN3O3S. The SMILES string of the molecule is CC1(C(N)=O)CCN(S(=O)(=O)c2cc(N)cc(Cl)c2F)C1. The van der Waals surface area contributed by atoms with Crippen LogP contribution in [-0.2, 0) is 14.8 Å². The third-order valence-corrected chi connectivity index (χ3v) is 5.79. The summed E-state index contributed by atoms with van der Waals surface area (Å²) in [4.78, 5) is 10.8. The minimum Gasteiger partial charge on any atom is -0.399 e. The summed E-state index contributed by atoms with van der Waals surface area (Å²) >= 11 is 5.63. The Kier molecular flexibility index (Phi) is 3.90. The van der Waals surface area contributed by atoms with E-state index in [0.717, 1.165) is 16.4 Å². The van der Waals surface area contributed by atoms with Gasteiger partial charge in [-0.15, -0.1) is 0 Å². The van der Waals surface area contributed by atoms with E-state index in [-0.39, 0.29) is 30.2 Å². The molecule has 0 aliphatic carbocycles. The van der Waals surface area contributed by atoms with Crippen molar-refractivity contribution in [2.75, 3.05) is 18.8 Å². The summed E-state index contributed by atoms with van der Waals surface area (Å²) in [6, 6.07) is 2.14. The molecule has 21 heavy (non-hydrogen) atoms. The Morgan fingerprint density at radius 3 is 2.62 bits per heavy atom. The smallest absolute Gasteiger partial charge is 0.246 e. The maximum Gasteiger partial charge on any atom is 0.246 e. The lowest BCUT2D eigenvalue weighted by molar-refractivity contribution is -0.126. The Morgan fingerprint density at radius 1 is 1.48 bits per heavy atom. The summed E-state index contributed by atoms with van der Waals surface area (Å²) in [5.41, 5.74) is 9.87. The maximum atomic E-state index is 14.0. The van der Waals surface area contributed by atoms with Gasteiger partial charge in [-0.3, -0.25) is 4.79 Å². The summed E-state index contributed by atoms with van der Waals surface area (Å²) < 4.78 is 40.0. The molecule has 0 radical (unpaired) electrons. The van der Waals surface area contributed by atoms with E-state index < -0.39 is 32.1 Å². The van der Waals surface area contributed by atoms with Crippen LogP contribution in [0.4, 0.5) is 10.1 Å². The number of anilines is 1. The number of carbonyl (C=O) groups excluding carboxylic acids is 1. The quantitative estimate of drug-likeness (QED) is 0.802. The molecule has 116 valence electrons. The fraction of sp³-hybridized carbons (Fsp3) is 0.417. The molecule has 1 heterocycles. The number of hydrogen-bond acceptors (Lipinski definition) is 4. The van der Waals surface area contributed by atoms with E-state index in [0.29, 0.717) is 0 Å². The number of nitrogens with two attached hydrogens (primary N) is 2. The Hall–Kier alpha value is -1.38. The zero-order valence-electron chi connectivity index (χ0n) is 11.3. The van der Waals surface area contributed by atoms with Crippen LogP contribution in [0.25, 0.3) is 0 Å². The number of halogens is 2. The molecule has 0 aromatic heterocycles. The first-order valence-corrected chi connectivity index (χ1v) is 7.94. The topological polar surface area (TPSA) is 106 Å². The van der Waals surface area contributed by atoms with Crippen LogP contribution in [0.15, 0.2) is 17.0 Å². The second-order valence-electron chi connectivity index (χ2n) is 5.33. The molecule has 1 aliphatic heterocycles. The van der Waals surface area contributed by atoms with Gasteiger partial charge >= 0.3 is 0 Å². The molecule has 0 spiro atoms. The second-order valence-corrected chi connectivity index (χ2v) is 7.64. The van der Waals surface area contributed by atoms with E-state index in [1.165, 1.54) is 0 Å². The van der Waals surface area contributed by atoms with Gasteiger partial charge in [0, 0.05) is 18.8 Å². The molecule has 1 amide bonds. The number of nitrogens with zero attached hydrogens (tertiary/aromatic N) is 1. The minimum absolute atomic E-state index is 0.0387. The average molecular weight is 336 g/mol. The monoisotopic (exact) mass is 335 g/mol. The molecule has 1 aromatic carbocycles. The third-order valence-electron chi connectivity index (χ3n) is 3.67. The highest BCUT2D eigenvalue weighted by Gasteiger charge is 2.44. The fourth-order valence-electron chi connectivity index (χ4n) is 2.24. The van der Waals surface area contributed by atoms with Gasteiger partial charge in [-0.25, -0.2) is 12.8 Å². The minimum atomic E-state index is -4.13. The standard InChI is InChI=1S/C12H15ClFN3O3S/c1-12(11(16)18)2-3-17(6-12)21(19,20)9-5-7(15)4-8(13)10(9)14/h4-5H,2-3,6,15H2,1H3,(H2,16,18). The lowest BCUT2D eigenvalue weighted by Gasteiger charge is -2.21. The summed E-state index contributed by atoms with van der Waals surface area (Å²) in [6.45, 7) is 1.55. The highest BCUT2D eigenvalue weighted by atomic mass is 35.5. The van der Waals surface area contributed by atoms with Crippen molar-refractivity contribution in [3.05, 3.63) is 23.0 Å². The lowest BCUT2D eigenvalue weighted by atomic mass is 9.89. The van der Waals surface area contributed by atoms with Crippen molar-refractivity contribution in [2.45, 2.75) is 18.2 Å². The van der Waals surface area contributed by atoms with Gasteiger partial charge < -0.3 is 11.5 Å². The van der Waals surface area contributed by atoms with Crippen LogP contribution in [0.1, 0.15) is 13.3 Å². The normalized spacial score (nSPS) is 23.4. The summed E-state index contributed by atoms with van der Waals surface area (Å²) in [5, 5.41) is -0.370. The molecule has 1 fully saturated rings. The molecule has 1 aliphatic rings. The van der Waals surface area contributed by atoms with Crippen molar-refractivity contribution in [3.8, 4) is 0 Å². The van der Waals surface area contributed by atoms with E-state index >= 15 is 0 Å². The van der Waals surface area contributed by atoms with E-state index in [1.807, 2.05) is 0 Å². The van der Waals surface area contributed by atoms with Crippen LogP contribution < -0.4 is 11.5 Å². The van der Waals surface area contributed by atoms with E-state index in [4.69, 9.17) is 23.1 Å². The zero-order chi connectivity index (χ0) is 16.0. The second kappa shape index (κ2) is 5.11. The first-order chi connectivity index (χ1) is 9.58. The Morgan fingerprint density at radius 2 is 2.10 bits per heavy atom. The first kappa shape index (κ1) is 16.0. The highest BCUT2D eigenvalue weighted by Crippen LogP contribution is 2.35. The van der Waals surface area contributed by atoms with Gasteiger partial charge in [0.2, 0.25) is 15.9 Å². The van der Waals surface area contributed by atoms with Gasteiger partial charge in [0.05, 0.1) is 10.4 Å². The van der Waals surface area contributed by atoms with Crippen molar-refractivity contribution in [3.63, 3.8) is 0 Å². The molecule has 2 rings (SSSR count). The van der Waals surface area contributed by atoms with Crippen LogP contribution in [0.2, 0.25) is 5.02 Å². The van der Waals surface area contributed by atoms with Crippen LogP contribution in [0, 0.1) is 11.2 Å². The molecule has 1 aromatic rings. The zero-order valence-corrected chi connectivity index (χ0v) is 12.8. The van der Waals surface area contributed by atoms with Gasteiger partial charge in [-0.2, -0.15) is 4.31 Å². The Labute approximate surface area is 126 Å². The van der Waals surface area contributed by atoms with Crippen molar-refractivity contribution >= 4 is 33.2 Å². The molecule has 1 saturated heterocycles. The number of nitrogen functional groups attached to an aromatic ring is 1. The predicted octanol–water partition coefficient (Wildman–Crippen LogP) is 0.947. The molecule has 4 N–H and O–H groups in total. The van der Waals surface area contributed by atoms with Crippen molar-refractivity contribution in [1.29, 1.82) is 0 Å². The first-order valence-electron chi connectivity index (χ1n) is 6.12. The van der Waals surface area contributed by atoms with Crippen LogP contribution in [-0.4, -0.2) is 31.7 Å². The van der Waals surface area contributed by atoms with Gasteiger partial charge in [-0.05, 0) is 25.5 Å². The molecular weight excluding hydrogens is 321 g/mol. The Balaban J connectivity index is 2.43. The number of carbonyl (C=O) groups is 1. The van der Waals surface area contributed by atoms with E-state index in [9.17, 15) is 17.6 Å². The summed E-state index contributed by atoms with van der Waals surface area (Å²) in [5.74, 6) is -1.65. The largest absolute Gasteiger partial charge is 0.399 e. The number of rotatable bonds is 3. The third kappa shape index (κ3) is 2.70. The number of sulfonamides is 1. The van der Waals surface area contributed by atoms with Gasteiger partial charge in [-0.1, -0.05) is 11.6 Å². The predicted molar refractivity (Wildman–Crippen MR) is 76.5 cm³/mol. The van der Waals surface area contributed by atoms with Crippen molar-refractivity contribution in [2.24, 2.45) is 11.1 Å². The van der Waals surface area contributed by atoms with Crippen LogP contribution in [0.3, 0.4) is 0 Å². The number of hydrogen-bond donors (Lipinski definition) is 2. The summed E-state index contributed by atoms with van der Waals surface area (Å²) in [6.07, 6.45) is 0.277. The van der Waals surface area contributed by atoms with Crippen LogP contribution in [0.5, 0.6) is 0 Å². The van der Waals surface area contributed by atoms with Crippen LogP contribution >= 0.6 is 11.6 Å². The highest BCUT2D eigenvalue weighted by molar-refractivity contribution is 7.89. The Bertz CT molecular complexity index is 710. The fourth-order valence-corrected chi connectivity index (χ4v) is 4.21. The van der Waals surface area contributed by atoms with E-state index in [2.05, 4.69) is 0 Å². The average Bonchev–Trinajstić information content (AvgIpc) is 2.78. The van der Waals surface area contributed by atoms with E-state index in [1.54, 1.807) is 6.92 Å². The van der Waals surface area contributed by atoms with Crippen molar-refractivity contribution in [1.82, 2.24) is 4.31 Å². The number of primary amides is 1. The maximum absolute atomic E-state index is 14.0. The van der Waals surface area contributed by atoms with Gasteiger partial charge in [0.15, 0.2) is 5.82 Å².